The number of nitrogen functional groups attached to an aromatic ring is 1. The molecular weight excluding hydrogens is 327 g/mol. The lowest BCUT2D eigenvalue weighted by Gasteiger charge is -2.13. The van der Waals surface area contributed by atoms with Crippen LogP contribution in [0.1, 0.15) is 15.9 Å². The molecule has 0 saturated heterocycles. The van der Waals surface area contributed by atoms with Crippen LogP contribution in [-0.4, -0.2) is 11.1 Å². The molecule has 4 N–H and O–H groups in total. The summed E-state index contributed by atoms with van der Waals surface area (Å²) >= 11 is 3.38. The standard InChI is InChI=1S/C14H12BrFN2O2/c1-7-6-8(2-3-9(7)15)18-11-5-4-10(16)13(17)12(11)14(19)20/h2-6,18H,17H2,1H3,(H,19,20). The Balaban J connectivity index is 2.45. The number of halogens is 2. The number of aryl methyl sites for hydroxylation is 1. The van der Waals surface area contributed by atoms with Crippen molar-refractivity contribution in [2.75, 3.05) is 11.1 Å². The molecule has 2 aromatic carbocycles. The van der Waals surface area contributed by atoms with E-state index in [4.69, 9.17) is 10.8 Å². The summed E-state index contributed by atoms with van der Waals surface area (Å²) in [5.41, 5.74) is 6.77. The molecule has 0 aliphatic rings. The molecule has 2 rings (SSSR count). The van der Waals surface area contributed by atoms with Gasteiger partial charge in [-0.2, -0.15) is 0 Å². The van der Waals surface area contributed by atoms with E-state index < -0.39 is 11.8 Å². The number of anilines is 3. The van der Waals surface area contributed by atoms with Crippen molar-refractivity contribution < 1.29 is 14.3 Å². The molecule has 0 atom stereocenters. The Hall–Kier alpha value is -2.08. The molecule has 4 nitrogen and oxygen atoms in total. The van der Waals surface area contributed by atoms with E-state index in [0.29, 0.717) is 5.69 Å². The van der Waals surface area contributed by atoms with Gasteiger partial charge in [-0.05, 0) is 42.8 Å². The predicted molar refractivity (Wildman–Crippen MR) is 79.9 cm³/mol. The molecule has 0 radical (unpaired) electrons. The Morgan fingerprint density at radius 2 is 2.05 bits per heavy atom. The van der Waals surface area contributed by atoms with E-state index in [-0.39, 0.29) is 16.9 Å². The Morgan fingerprint density at radius 1 is 1.35 bits per heavy atom. The topological polar surface area (TPSA) is 75.3 Å². The summed E-state index contributed by atoms with van der Waals surface area (Å²) in [5.74, 6) is -2.03. The quantitative estimate of drug-likeness (QED) is 0.741. The molecule has 0 aromatic heterocycles. The predicted octanol–water partition coefficient (Wildman–Crippen LogP) is 3.92. The molecule has 0 heterocycles. The summed E-state index contributed by atoms with van der Waals surface area (Å²) in [4.78, 5) is 11.2. The number of carboxylic acids is 1. The summed E-state index contributed by atoms with van der Waals surface area (Å²) in [7, 11) is 0. The van der Waals surface area contributed by atoms with Crippen LogP contribution in [0.15, 0.2) is 34.8 Å². The lowest BCUT2D eigenvalue weighted by Crippen LogP contribution is -2.08. The Labute approximate surface area is 123 Å². The zero-order valence-corrected chi connectivity index (χ0v) is 12.2. The van der Waals surface area contributed by atoms with Gasteiger partial charge in [0.25, 0.3) is 0 Å². The number of carbonyl (C=O) groups is 1. The number of benzene rings is 2. The third kappa shape index (κ3) is 2.75. The first-order valence-corrected chi connectivity index (χ1v) is 6.54. The third-order valence-corrected chi connectivity index (χ3v) is 3.73. The van der Waals surface area contributed by atoms with Crippen molar-refractivity contribution in [3.63, 3.8) is 0 Å². The van der Waals surface area contributed by atoms with Crippen molar-refractivity contribution >= 4 is 39.0 Å². The normalized spacial score (nSPS) is 10.3. The van der Waals surface area contributed by atoms with E-state index in [0.717, 1.165) is 16.1 Å². The molecule has 104 valence electrons. The number of nitrogens with one attached hydrogen (secondary N) is 1. The average Bonchev–Trinajstić information content (AvgIpc) is 2.38. The van der Waals surface area contributed by atoms with Gasteiger partial charge in [0.1, 0.15) is 11.4 Å². The van der Waals surface area contributed by atoms with Crippen molar-refractivity contribution in [1.29, 1.82) is 0 Å². The fourth-order valence-electron chi connectivity index (χ4n) is 1.81. The molecule has 0 aliphatic carbocycles. The first kappa shape index (κ1) is 14.3. The number of hydrogen-bond acceptors (Lipinski definition) is 3. The fourth-order valence-corrected chi connectivity index (χ4v) is 2.05. The van der Waals surface area contributed by atoms with Gasteiger partial charge in [-0.15, -0.1) is 0 Å². The van der Waals surface area contributed by atoms with E-state index in [2.05, 4.69) is 21.2 Å². The zero-order chi connectivity index (χ0) is 14.9. The van der Waals surface area contributed by atoms with Crippen LogP contribution in [0.5, 0.6) is 0 Å². The van der Waals surface area contributed by atoms with Gasteiger partial charge in [0.15, 0.2) is 0 Å². The molecule has 0 aliphatic heterocycles. The molecule has 0 amide bonds. The minimum atomic E-state index is -1.28. The Bertz CT molecular complexity index is 689. The third-order valence-electron chi connectivity index (χ3n) is 2.84. The number of aromatic carboxylic acids is 1. The van der Waals surface area contributed by atoms with Crippen molar-refractivity contribution in [3.05, 3.63) is 51.7 Å². The van der Waals surface area contributed by atoms with E-state index >= 15 is 0 Å². The van der Waals surface area contributed by atoms with Gasteiger partial charge >= 0.3 is 5.97 Å². The van der Waals surface area contributed by atoms with E-state index in [9.17, 15) is 9.18 Å². The van der Waals surface area contributed by atoms with Gasteiger partial charge < -0.3 is 16.2 Å². The number of hydrogen-bond donors (Lipinski definition) is 3. The summed E-state index contributed by atoms with van der Waals surface area (Å²) in [6, 6.07) is 7.95. The minimum Gasteiger partial charge on any atom is -0.478 e. The highest BCUT2D eigenvalue weighted by Gasteiger charge is 2.17. The first-order valence-electron chi connectivity index (χ1n) is 5.74. The van der Waals surface area contributed by atoms with E-state index in [1.807, 2.05) is 19.1 Å². The molecule has 0 bridgehead atoms. The Kier molecular flexibility index (Phi) is 3.94. The molecular formula is C14H12BrFN2O2. The van der Waals surface area contributed by atoms with Crippen LogP contribution in [0.3, 0.4) is 0 Å². The molecule has 6 heteroatoms. The van der Waals surface area contributed by atoms with Crippen LogP contribution in [0.25, 0.3) is 0 Å². The largest absolute Gasteiger partial charge is 0.478 e. The van der Waals surface area contributed by atoms with E-state index in [1.165, 1.54) is 6.07 Å². The lowest BCUT2D eigenvalue weighted by molar-refractivity contribution is 0.0698. The van der Waals surface area contributed by atoms with Gasteiger partial charge in [-0.25, -0.2) is 9.18 Å². The number of carboxylic acid groups (broad SMARTS) is 1. The lowest BCUT2D eigenvalue weighted by atomic mass is 10.1. The first-order chi connectivity index (χ1) is 9.40. The molecule has 0 fully saturated rings. The smallest absolute Gasteiger partial charge is 0.340 e. The summed E-state index contributed by atoms with van der Waals surface area (Å²) in [6.45, 7) is 1.91. The second kappa shape index (κ2) is 5.50. The van der Waals surface area contributed by atoms with Crippen LogP contribution >= 0.6 is 15.9 Å². The molecule has 0 unspecified atom stereocenters. The molecule has 0 saturated carbocycles. The molecule has 0 spiro atoms. The van der Waals surface area contributed by atoms with Crippen molar-refractivity contribution in [1.82, 2.24) is 0 Å². The van der Waals surface area contributed by atoms with Gasteiger partial charge in [0.05, 0.1) is 11.4 Å². The number of rotatable bonds is 3. The Morgan fingerprint density at radius 3 is 2.65 bits per heavy atom. The zero-order valence-electron chi connectivity index (χ0n) is 10.6. The SMILES string of the molecule is Cc1cc(Nc2ccc(F)c(N)c2C(=O)O)ccc1Br. The summed E-state index contributed by atoms with van der Waals surface area (Å²) < 4.78 is 14.3. The highest BCUT2D eigenvalue weighted by atomic mass is 79.9. The highest BCUT2D eigenvalue weighted by molar-refractivity contribution is 9.10. The van der Waals surface area contributed by atoms with Crippen molar-refractivity contribution in [2.45, 2.75) is 6.92 Å². The monoisotopic (exact) mass is 338 g/mol. The van der Waals surface area contributed by atoms with Gasteiger partial charge in [0.2, 0.25) is 0 Å². The number of nitrogens with two attached hydrogens (primary N) is 1. The second-order valence-corrected chi connectivity index (χ2v) is 5.13. The maximum Gasteiger partial charge on any atom is 0.340 e. The van der Waals surface area contributed by atoms with Crippen LogP contribution in [-0.2, 0) is 0 Å². The summed E-state index contributed by atoms with van der Waals surface area (Å²) in [6.07, 6.45) is 0. The second-order valence-electron chi connectivity index (χ2n) is 4.28. The van der Waals surface area contributed by atoms with Crippen LogP contribution in [0, 0.1) is 12.7 Å². The van der Waals surface area contributed by atoms with Gasteiger partial charge in [-0.3, -0.25) is 0 Å². The summed E-state index contributed by atoms with van der Waals surface area (Å²) in [5, 5.41) is 12.1. The average molecular weight is 339 g/mol. The van der Waals surface area contributed by atoms with Crippen molar-refractivity contribution in [2.24, 2.45) is 0 Å². The van der Waals surface area contributed by atoms with E-state index in [1.54, 1.807) is 6.07 Å². The van der Waals surface area contributed by atoms with Crippen LogP contribution < -0.4 is 11.1 Å². The fraction of sp³-hybridized carbons (Fsp3) is 0.0714. The van der Waals surface area contributed by atoms with Crippen LogP contribution in [0.2, 0.25) is 0 Å². The van der Waals surface area contributed by atoms with Crippen LogP contribution in [0.4, 0.5) is 21.5 Å². The maximum absolute atomic E-state index is 13.4. The molecule has 2 aromatic rings. The molecule has 20 heavy (non-hydrogen) atoms. The van der Waals surface area contributed by atoms with Gasteiger partial charge in [-0.1, -0.05) is 15.9 Å². The van der Waals surface area contributed by atoms with Gasteiger partial charge in [0, 0.05) is 10.2 Å². The highest BCUT2D eigenvalue weighted by Crippen LogP contribution is 2.29. The van der Waals surface area contributed by atoms with Crippen molar-refractivity contribution in [3.8, 4) is 0 Å². The maximum atomic E-state index is 13.4. The minimum absolute atomic E-state index is 0.248.